The molecule has 0 spiro atoms. The topological polar surface area (TPSA) is 0 Å². The minimum Gasteiger partial charge on any atom is -0.251 e. The lowest BCUT2D eigenvalue weighted by molar-refractivity contribution is 0.290. The van der Waals surface area contributed by atoms with Crippen molar-refractivity contribution in [3.8, 4) is 0 Å². The van der Waals surface area contributed by atoms with Crippen molar-refractivity contribution >= 4 is 0 Å². The Morgan fingerprint density at radius 2 is 2.36 bits per heavy atom. The highest BCUT2D eigenvalue weighted by Gasteiger charge is 2.07. The first-order valence-corrected chi connectivity index (χ1v) is 3.50. The van der Waals surface area contributed by atoms with Gasteiger partial charge >= 0.3 is 0 Å². The van der Waals surface area contributed by atoms with Crippen LogP contribution in [-0.2, 0) is 0 Å². The van der Waals surface area contributed by atoms with Crippen LogP contribution in [0, 0.1) is 6.07 Å². The third kappa shape index (κ3) is 2.30. The molecular weight excluding hydrogens is 146 g/mol. The maximum absolute atomic E-state index is 12.9. The summed E-state index contributed by atoms with van der Waals surface area (Å²) in [5, 5.41) is 0. The molecule has 0 amide bonds. The monoisotopic (exact) mass is 155 g/mol. The third-order valence-electron chi connectivity index (χ3n) is 1.46. The van der Waals surface area contributed by atoms with Gasteiger partial charge in [0.25, 0.3) is 0 Å². The van der Waals surface area contributed by atoms with Gasteiger partial charge < -0.3 is 0 Å². The lowest BCUT2D eigenvalue weighted by Crippen LogP contribution is -1.91. The summed E-state index contributed by atoms with van der Waals surface area (Å²) in [6.45, 7) is -0.615. The van der Waals surface area contributed by atoms with Crippen LogP contribution in [-0.4, -0.2) is 6.67 Å². The van der Waals surface area contributed by atoms with Crippen LogP contribution in [0.4, 0.5) is 8.78 Å². The molecule has 59 valence electrons. The van der Waals surface area contributed by atoms with Gasteiger partial charge in [0.05, 0.1) is 6.67 Å². The van der Waals surface area contributed by atoms with E-state index < -0.39 is 12.8 Å². The molecule has 2 heteroatoms. The van der Waals surface area contributed by atoms with Crippen LogP contribution in [0.15, 0.2) is 24.3 Å². The summed E-state index contributed by atoms with van der Waals surface area (Å²) < 4.78 is 24.6. The zero-order valence-corrected chi connectivity index (χ0v) is 6.06. The van der Waals surface area contributed by atoms with Crippen molar-refractivity contribution in [1.29, 1.82) is 0 Å². The summed E-state index contributed by atoms with van der Waals surface area (Å²) in [5.74, 6) is 0. The molecule has 1 rings (SSSR count). The molecule has 0 saturated carbocycles. The van der Waals surface area contributed by atoms with Gasteiger partial charge in [-0.05, 0) is 17.7 Å². The largest absolute Gasteiger partial charge is 0.251 e. The van der Waals surface area contributed by atoms with E-state index in [4.69, 9.17) is 0 Å². The molecular formula is C9H9F2. The minimum absolute atomic E-state index is 0.0577. The quantitative estimate of drug-likeness (QED) is 0.629. The smallest absolute Gasteiger partial charge is 0.128 e. The molecule has 0 nitrogen and oxygen atoms in total. The molecule has 0 aliphatic heterocycles. The van der Waals surface area contributed by atoms with Crippen LogP contribution in [0.2, 0.25) is 0 Å². The van der Waals surface area contributed by atoms with Gasteiger partial charge in [0.1, 0.15) is 6.17 Å². The predicted octanol–water partition coefficient (Wildman–Crippen LogP) is 2.86. The number of hydrogen-bond donors (Lipinski definition) is 0. The molecule has 0 aromatic heterocycles. The Bertz CT molecular complexity index is 196. The van der Waals surface area contributed by atoms with Crippen LogP contribution >= 0.6 is 0 Å². The molecule has 0 aliphatic rings. The minimum atomic E-state index is -1.18. The van der Waals surface area contributed by atoms with Crippen molar-refractivity contribution in [3.63, 3.8) is 0 Å². The van der Waals surface area contributed by atoms with Crippen LogP contribution in [0.5, 0.6) is 0 Å². The zero-order valence-electron chi connectivity index (χ0n) is 6.06. The van der Waals surface area contributed by atoms with Crippen molar-refractivity contribution in [2.45, 2.75) is 12.6 Å². The second-order valence-electron chi connectivity index (χ2n) is 2.28. The molecule has 1 unspecified atom stereocenters. The van der Waals surface area contributed by atoms with Gasteiger partial charge in [0, 0.05) is 6.42 Å². The Morgan fingerprint density at radius 3 is 2.91 bits per heavy atom. The maximum atomic E-state index is 12.9. The standard InChI is InChI=1S/C9H9F2/c10-7-6-9(11)8-4-2-1-3-5-8/h1-2,4-5,9H,6-7H2. The average Bonchev–Trinajstić information content (AvgIpc) is 2.07. The highest BCUT2D eigenvalue weighted by molar-refractivity contribution is 5.16. The van der Waals surface area contributed by atoms with Crippen LogP contribution in [0.3, 0.4) is 0 Å². The highest BCUT2D eigenvalue weighted by atomic mass is 19.1. The Kier molecular flexibility index (Phi) is 3.02. The van der Waals surface area contributed by atoms with Crippen LogP contribution in [0.25, 0.3) is 0 Å². The molecule has 0 saturated heterocycles. The number of alkyl halides is 2. The summed E-state index contributed by atoms with van der Waals surface area (Å²) in [5.41, 5.74) is 0.505. The molecule has 0 N–H and O–H groups in total. The first-order valence-electron chi connectivity index (χ1n) is 3.50. The molecule has 11 heavy (non-hydrogen) atoms. The Balaban J connectivity index is 2.61. The first kappa shape index (κ1) is 8.18. The summed E-state index contributed by atoms with van der Waals surface area (Å²) in [6, 6.07) is 9.30. The van der Waals surface area contributed by atoms with E-state index in [9.17, 15) is 8.78 Å². The van der Waals surface area contributed by atoms with Gasteiger partial charge in [-0.3, -0.25) is 4.39 Å². The fraction of sp³-hybridized carbons (Fsp3) is 0.333. The van der Waals surface area contributed by atoms with Gasteiger partial charge in [-0.1, -0.05) is 18.2 Å². The second-order valence-corrected chi connectivity index (χ2v) is 2.28. The van der Waals surface area contributed by atoms with Crippen molar-refractivity contribution < 1.29 is 8.78 Å². The molecule has 1 aromatic rings. The van der Waals surface area contributed by atoms with Gasteiger partial charge in [-0.15, -0.1) is 0 Å². The summed E-state index contributed by atoms with van der Waals surface area (Å²) in [6.07, 6.45) is -1.24. The van der Waals surface area contributed by atoms with E-state index in [-0.39, 0.29) is 6.42 Å². The average molecular weight is 155 g/mol. The zero-order chi connectivity index (χ0) is 8.10. The van der Waals surface area contributed by atoms with Crippen molar-refractivity contribution in [3.05, 3.63) is 35.9 Å². The Labute approximate surface area is 64.9 Å². The lowest BCUT2D eigenvalue weighted by atomic mass is 10.1. The molecule has 1 radical (unpaired) electrons. The molecule has 1 atom stereocenters. The van der Waals surface area contributed by atoms with E-state index in [1.165, 1.54) is 0 Å². The summed E-state index contributed by atoms with van der Waals surface area (Å²) in [7, 11) is 0. The van der Waals surface area contributed by atoms with E-state index in [1.54, 1.807) is 24.3 Å². The van der Waals surface area contributed by atoms with Crippen LogP contribution < -0.4 is 0 Å². The van der Waals surface area contributed by atoms with Crippen molar-refractivity contribution in [2.75, 3.05) is 6.67 Å². The van der Waals surface area contributed by atoms with E-state index in [0.29, 0.717) is 5.56 Å². The molecule has 0 fully saturated rings. The van der Waals surface area contributed by atoms with E-state index in [0.717, 1.165) is 0 Å². The number of rotatable bonds is 3. The SMILES string of the molecule is FCCC(F)c1c[c]ccc1. The van der Waals surface area contributed by atoms with Gasteiger partial charge in [0.15, 0.2) is 0 Å². The fourth-order valence-corrected chi connectivity index (χ4v) is 0.865. The van der Waals surface area contributed by atoms with Crippen molar-refractivity contribution in [1.82, 2.24) is 0 Å². The molecule has 0 aliphatic carbocycles. The molecule has 0 bridgehead atoms. The first-order chi connectivity index (χ1) is 5.34. The Morgan fingerprint density at radius 1 is 1.55 bits per heavy atom. The van der Waals surface area contributed by atoms with Gasteiger partial charge in [-0.2, -0.15) is 0 Å². The number of benzene rings is 1. The second kappa shape index (κ2) is 4.06. The summed E-state index contributed by atoms with van der Waals surface area (Å²) in [4.78, 5) is 0. The number of hydrogen-bond acceptors (Lipinski definition) is 0. The van der Waals surface area contributed by atoms with Gasteiger partial charge in [-0.25, -0.2) is 4.39 Å². The molecule has 1 aromatic carbocycles. The normalized spacial score (nSPS) is 12.9. The fourth-order valence-electron chi connectivity index (χ4n) is 0.865. The maximum Gasteiger partial charge on any atom is 0.128 e. The lowest BCUT2D eigenvalue weighted by Gasteiger charge is -2.03. The van der Waals surface area contributed by atoms with E-state index in [1.807, 2.05) is 0 Å². The Hall–Kier alpha value is -0.920. The summed E-state index contributed by atoms with van der Waals surface area (Å²) >= 11 is 0. The highest BCUT2D eigenvalue weighted by Crippen LogP contribution is 2.19. The predicted molar refractivity (Wildman–Crippen MR) is 39.7 cm³/mol. The number of halogens is 2. The molecule has 0 heterocycles. The van der Waals surface area contributed by atoms with Gasteiger partial charge in [0.2, 0.25) is 0 Å². The van der Waals surface area contributed by atoms with E-state index >= 15 is 0 Å². The van der Waals surface area contributed by atoms with Crippen molar-refractivity contribution in [2.24, 2.45) is 0 Å². The van der Waals surface area contributed by atoms with Crippen LogP contribution in [0.1, 0.15) is 18.2 Å². The van der Waals surface area contributed by atoms with E-state index in [2.05, 4.69) is 6.07 Å². The third-order valence-corrected chi connectivity index (χ3v) is 1.46.